The molecule has 4 heteroatoms. The first-order valence-corrected chi connectivity index (χ1v) is 6.05. The first-order chi connectivity index (χ1) is 7.56. The summed E-state index contributed by atoms with van der Waals surface area (Å²) < 4.78 is 5.25. The molecule has 0 saturated carbocycles. The summed E-state index contributed by atoms with van der Waals surface area (Å²) in [7, 11) is 1.63. The van der Waals surface area contributed by atoms with Gasteiger partial charge in [0.05, 0.1) is 18.0 Å². The number of amides is 1. The lowest BCUT2D eigenvalue weighted by Crippen LogP contribution is -2.31. The molecule has 0 fully saturated rings. The third-order valence-electron chi connectivity index (χ3n) is 2.33. The van der Waals surface area contributed by atoms with Crippen molar-refractivity contribution in [3.05, 3.63) is 29.8 Å². The molecule has 1 unspecified atom stereocenters. The minimum absolute atomic E-state index is 0.0293. The van der Waals surface area contributed by atoms with E-state index in [1.807, 2.05) is 31.2 Å². The van der Waals surface area contributed by atoms with Gasteiger partial charge in [-0.25, -0.2) is 0 Å². The Morgan fingerprint density at radius 1 is 1.38 bits per heavy atom. The van der Waals surface area contributed by atoms with E-state index in [0.717, 1.165) is 11.3 Å². The highest BCUT2D eigenvalue weighted by Crippen LogP contribution is 2.24. The number of ether oxygens (including phenoxy) is 1. The van der Waals surface area contributed by atoms with Crippen LogP contribution in [-0.2, 0) is 4.79 Å². The zero-order valence-corrected chi connectivity index (χ0v) is 11.2. The molecule has 1 rings (SSSR count). The van der Waals surface area contributed by atoms with E-state index in [1.54, 1.807) is 14.0 Å². The molecule has 16 heavy (non-hydrogen) atoms. The largest absolute Gasteiger partial charge is 0.496 e. The molecule has 0 aliphatic carbocycles. The first-order valence-electron chi connectivity index (χ1n) is 5.13. The van der Waals surface area contributed by atoms with Crippen LogP contribution in [0.15, 0.2) is 24.3 Å². The Hall–Kier alpha value is -1.03. The van der Waals surface area contributed by atoms with Crippen LogP contribution < -0.4 is 10.1 Å². The van der Waals surface area contributed by atoms with Gasteiger partial charge in [-0.15, -0.1) is 0 Å². The first kappa shape index (κ1) is 13.0. The summed E-state index contributed by atoms with van der Waals surface area (Å²) >= 11 is 3.23. The molecule has 1 N–H and O–H groups in total. The summed E-state index contributed by atoms with van der Waals surface area (Å²) in [5, 5.41) is 2.90. The van der Waals surface area contributed by atoms with Crippen molar-refractivity contribution in [1.82, 2.24) is 5.32 Å². The van der Waals surface area contributed by atoms with Crippen molar-refractivity contribution in [2.45, 2.75) is 24.7 Å². The van der Waals surface area contributed by atoms with E-state index < -0.39 is 0 Å². The monoisotopic (exact) mass is 285 g/mol. The molecule has 1 aromatic carbocycles. The Morgan fingerprint density at radius 3 is 2.56 bits per heavy atom. The molecule has 0 saturated heterocycles. The Balaban J connectivity index is 2.80. The van der Waals surface area contributed by atoms with Gasteiger partial charge in [-0.1, -0.05) is 34.1 Å². The van der Waals surface area contributed by atoms with Gasteiger partial charge in [-0.2, -0.15) is 0 Å². The van der Waals surface area contributed by atoms with Gasteiger partial charge in [0.1, 0.15) is 5.75 Å². The van der Waals surface area contributed by atoms with Gasteiger partial charge in [0.2, 0.25) is 5.91 Å². The maximum Gasteiger partial charge on any atom is 0.233 e. The Kier molecular flexibility index (Phi) is 4.80. The van der Waals surface area contributed by atoms with Crippen LogP contribution in [0, 0.1) is 0 Å². The fraction of sp³-hybridized carbons (Fsp3) is 0.417. The molecule has 3 nitrogen and oxygen atoms in total. The standard InChI is InChI=1S/C12H16BrNO2/c1-8(13)12(15)14-9(2)10-6-4-5-7-11(10)16-3/h4-9H,1-3H3,(H,14,15)/t8?,9-/m1/s1. The number of carbonyl (C=O) groups excluding carboxylic acids is 1. The van der Waals surface area contributed by atoms with Crippen LogP contribution in [0.4, 0.5) is 0 Å². The zero-order valence-electron chi connectivity index (χ0n) is 9.66. The minimum Gasteiger partial charge on any atom is -0.496 e. The van der Waals surface area contributed by atoms with Crippen molar-refractivity contribution >= 4 is 21.8 Å². The molecule has 0 aromatic heterocycles. The fourth-order valence-electron chi connectivity index (χ4n) is 1.43. The predicted octanol–water partition coefficient (Wildman–Crippen LogP) is 2.66. The Bertz CT molecular complexity index is 366. The van der Waals surface area contributed by atoms with Crippen LogP contribution in [-0.4, -0.2) is 17.8 Å². The summed E-state index contributed by atoms with van der Waals surface area (Å²) in [6, 6.07) is 7.60. The molecule has 0 heterocycles. The number of halogens is 1. The number of methoxy groups -OCH3 is 1. The maximum absolute atomic E-state index is 11.5. The lowest BCUT2D eigenvalue weighted by atomic mass is 10.1. The normalized spacial score (nSPS) is 14.0. The quantitative estimate of drug-likeness (QED) is 0.864. The molecule has 88 valence electrons. The number of rotatable bonds is 4. The number of benzene rings is 1. The van der Waals surface area contributed by atoms with Gasteiger partial charge in [0.25, 0.3) is 0 Å². The fourth-order valence-corrected chi connectivity index (χ4v) is 1.56. The lowest BCUT2D eigenvalue weighted by molar-refractivity contribution is -0.120. The third-order valence-corrected chi connectivity index (χ3v) is 2.74. The van der Waals surface area contributed by atoms with E-state index in [9.17, 15) is 4.79 Å². The van der Waals surface area contributed by atoms with Crippen LogP contribution in [0.2, 0.25) is 0 Å². The molecular weight excluding hydrogens is 270 g/mol. The van der Waals surface area contributed by atoms with Gasteiger partial charge in [0.15, 0.2) is 0 Å². The van der Waals surface area contributed by atoms with Crippen molar-refractivity contribution < 1.29 is 9.53 Å². The van der Waals surface area contributed by atoms with Crippen LogP contribution in [0.3, 0.4) is 0 Å². The van der Waals surface area contributed by atoms with E-state index in [0.29, 0.717) is 0 Å². The summed E-state index contributed by atoms with van der Waals surface area (Å²) in [4.78, 5) is 11.3. The molecule has 1 aromatic rings. The highest BCUT2D eigenvalue weighted by molar-refractivity contribution is 9.10. The second-order valence-electron chi connectivity index (χ2n) is 3.59. The van der Waals surface area contributed by atoms with Crippen molar-refractivity contribution in [1.29, 1.82) is 0 Å². The number of carbonyl (C=O) groups is 1. The number of alkyl halides is 1. The highest BCUT2D eigenvalue weighted by atomic mass is 79.9. The van der Waals surface area contributed by atoms with Crippen molar-refractivity contribution in [3.63, 3.8) is 0 Å². The summed E-state index contributed by atoms with van der Waals surface area (Å²) in [6.07, 6.45) is 0. The average Bonchev–Trinajstić information content (AvgIpc) is 2.28. The molecule has 0 radical (unpaired) electrons. The smallest absolute Gasteiger partial charge is 0.233 e. The van der Waals surface area contributed by atoms with Crippen LogP contribution in [0.5, 0.6) is 5.75 Å². The second-order valence-corrected chi connectivity index (χ2v) is 4.96. The van der Waals surface area contributed by atoms with E-state index >= 15 is 0 Å². The molecule has 1 amide bonds. The maximum atomic E-state index is 11.5. The molecule has 0 aliphatic heterocycles. The number of para-hydroxylation sites is 1. The van der Waals surface area contributed by atoms with Crippen molar-refractivity contribution in [2.24, 2.45) is 0 Å². The highest BCUT2D eigenvalue weighted by Gasteiger charge is 2.15. The topological polar surface area (TPSA) is 38.3 Å². The number of hydrogen-bond donors (Lipinski definition) is 1. The van der Waals surface area contributed by atoms with Gasteiger partial charge in [-0.05, 0) is 19.9 Å². The van der Waals surface area contributed by atoms with E-state index in [4.69, 9.17) is 4.74 Å². The van der Waals surface area contributed by atoms with Crippen LogP contribution in [0.25, 0.3) is 0 Å². The zero-order chi connectivity index (χ0) is 12.1. The predicted molar refractivity (Wildman–Crippen MR) is 67.9 cm³/mol. The van der Waals surface area contributed by atoms with Crippen LogP contribution >= 0.6 is 15.9 Å². The van der Waals surface area contributed by atoms with E-state index in [-0.39, 0.29) is 16.8 Å². The van der Waals surface area contributed by atoms with E-state index in [1.165, 1.54) is 0 Å². The minimum atomic E-state index is -0.190. The molecule has 2 atom stereocenters. The molecule has 0 bridgehead atoms. The van der Waals surface area contributed by atoms with Crippen LogP contribution in [0.1, 0.15) is 25.5 Å². The molecule has 0 aliphatic rings. The molecular formula is C12H16BrNO2. The SMILES string of the molecule is COc1ccccc1[C@@H](C)NC(=O)C(C)Br. The lowest BCUT2D eigenvalue weighted by Gasteiger charge is -2.17. The number of hydrogen-bond acceptors (Lipinski definition) is 2. The van der Waals surface area contributed by atoms with E-state index in [2.05, 4.69) is 21.2 Å². The summed E-state index contributed by atoms with van der Waals surface area (Å²) in [5.41, 5.74) is 0.978. The second kappa shape index (κ2) is 5.89. The van der Waals surface area contributed by atoms with Gasteiger partial charge >= 0.3 is 0 Å². The van der Waals surface area contributed by atoms with Gasteiger partial charge in [-0.3, -0.25) is 4.79 Å². The third kappa shape index (κ3) is 3.23. The number of nitrogens with one attached hydrogen (secondary N) is 1. The summed E-state index contributed by atoms with van der Waals surface area (Å²) in [6.45, 7) is 3.73. The average molecular weight is 286 g/mol. The molecule has 0 spiro atoms. The van der Waals surface area contributed by atoms with Crippen molar-refractivity contribution in [2.75, 3.05) is 7.11 Å². The van der Waals surface area contributed by atoms with Gasteiger partial charge in [0, 0.05) is 5.56 Å². The van der Waals surface area contributed by atoms with Gasteiger partial charge < -0.3 is 10.1 Å². The van der Waals surface area contributed by atoms with Crippen molar-refractivity contribution in [3.8, 4) is 5.75 Å². The summed E-state index contributed by atoms with van der Waals surface area (Å²) in [5.74, 6) is 0.760. The Morgan fingerprint density at radius 2 is 2.00 bits per heavy atom. The Labute approximate surface area is 104 Å².